The van der Waals surface area contributed by atoms with Gasteiger partial charge in [-0.05, 0) is 137 Å². The monoisotopic (exact) mass is 602 g/mol. The molecule has 0 heterocycles. The minimum Gasteiger partial charge on any atom is -0.491 e. The van der Waals surface area contributed by atoms with Crippen LogP contribution in [0.3, 0.4) is 0 Å². The zero-order valence-electron chi connectivity index (χ0n) is 25.6. The molecule has 0 amide bonds. The maximum atomic E-state index is 14.8. The number of carbonyl (C=O) groups is 1. The molecule has 0 N–H and O–H groups in total. The van der Waals surface area contributed by atoms with Crippen molar-refractivity contribution in [3.63, 3.8) is 0 Å². The highest BCUT2D eigenvalue weighted by atomic mass is 19.2. The number of hydrogen-bond acceptors (Lipinski definition) is 3. The van der Waals surface area contributed by atoms with Crippen LogP contribution < -0.4 is 4.74 Å². The average molecular weight is 603 g/mol. The van der Waals surface area contributed by atoms with E-state index >= 15 is 0 Å². The summed E-state index contributed by atoms with van der Waals surface area (Å²) in [6.07, 6.45) is 11.3. The molecule has 3 fully saturated rings. The predicted molar refractivity (Wildman–Crippen MR) is 159 cm³/mol. The number of benzene rings is 2. The number of aryl methyl sites for hydroxylation is 1. The summed E-state index contributed by atoms with van der Waals surface area (Å²) in [5.74, 6) is -2.33. The summed E-state index contributed by atoms with van der Waals surface area (Å²) in [5.41, 5.74) is 1.33. The standard InChI is InChI=1S/C36H46F4O3/c1-3-5-26-16-19-29(33(38)32(26)37)25-10-12-27(13-11-25)36(41)43-28-17-14-23(15-18-28)22-6-8-24(9-7-22)30-20-21-31(42-4-2)35(40)34(30)39/h16,19-25,27-28H,3-15,17-18H2,1-2H3. The Labute approximate surface area is 253 Å². The first-order valence-corrected chi connectivity index (χ1v) is 16.6. The van der Waals surface area contributed by atoms with Crippen molar-refractivity contribution < 1.29 is 31.8 Å². The number of halogens is 4. The van der Waals surface area contributed by atoms with Gasteiger partial charge in [0.2, 0.25) is 5.82 Å². The molecule has 2 aromatic rings. The SMILES string of the molecule is CCCc1ccc(C2CCC(C(=O)OC3CCC(C4CCC(c5ccc(OCC)c(F)c5F)CC4)CC3)CC2)c(F)c1F. The van der Waals surface area contributed by atoms with Crippen molar-refractivity contribution in [2.24, 2.45) is 17.8 Å². The number of carbonyl (C=O) groups excluding carboxylic acids is 1. The van der Waals surface area contributed by atoms with Crippen LogP contribution in [0, 0.1) is 41.0 Å². The smallest absolute Gasteiger partial charge is 0.309 e. The van der Waals surface area contributed by atoms with Crippen molar-refractivity contribution in [3.8, 4) is 5.75 Å². The van der Waals surface area contributed by atoms with E-state index in [-0.39, 0.29) is 35.6 Å². The van der Waals surface area contributed by atoms with Crippen LogP contribution in [-0.2, 0) is 16.0 Å². The van der Waals surface area contributed by atoms with Crippen molar-refractivity contribution in [1.29, 1.82) is 0 Å². The van der Waals surface area contributed by atoms with Crippen LogP contribution in [0.4, 0.5) is 17.6 Å². The molecule has 3 aliphatic rings. The Balaban J connectivity index is 1.04. The van der Waals surface area contributed by atoms with Gasteiger partial charge >= 0.3 is 5.97 Å². The van der Waals surface area contributed by atoms with Gasteiger partial charge in [0.1, 0.15) is 6.10 Å². The van der Waals surface area contributed by atoms with Crippen LogP contribution in [0.1, 0.15) is 126 Å². The Morgan fingerprint density at radius 1 is 0.674 bits per heavy atom. The van der Waals surface area contributed by atoms with E-state index in [0.717, 1.165) is 57.8 Å². The second-order valence-electron chi connectivity index (χ2n) is 13.0. The Morgan fingerprint density at radius 3 is 1.79 bits per heavy atom. The van der Waals surface area contributed by atoms with Gasteiger partial charge in [0.05, 0.1) is 12.5 Å². The zero-order chi connectivity index (χ0) is 30.5. The van der Waals surface area contributed by atoms with Gasteiger partial charge in [0, 0.05) is 0 Å². The molecular formula is C36H46F4O3. The fraction of sp³-hybridized carbons (Fsp3) is 0.639. The van der Waals surface area contributed by atoms with Crippen LogP contribution in [0.5, 0.6) is 5.75 Å². The summed E-state index contributed by atoms with van der Waals surface area (Å²) in [6.45, 7) is 3.99. The highest BCUT2D eigenvalue weighted by Crippen LogP contribution is 2.45. The summed E-state index contributed by atoms with van der Waals surface area (Å²) >= 11 is 0. The van der Waals surface area contributed by atoms with E-state index in [1.807, 2.05) is 6.92 Å². The van der Waals surface area contributed by atoms with E-state index in [9.17, 15) is 22.4 Å². The number of esters is 1. The maximum absolute atomic E-state index is 14.8. The van der Waals surface area contributed by atoms with E-state index in [2.05, 4.69) is 0 Å². The van der Waals surface area contributed by atoms with Crippen LogP contribution >= 0.6 is 0 Å². The largest absolute Gasteiger partial charge is 0.491 e. The quantitative estimate of drug-likeness (QED) is 0.212. The average Bonchev–Trinajstić information content (AvgIpc) is 3.03. The molecule has 0 spiro atoms. The van der Waals surface area contributed by atoms with Gasteiger partial charge in [-0.3, -0.25) is 4.79 Å². The molecule has 0 aromatic heterocycles. The number of hydrogen-bond donors (Lipinski definition) is 0. The number of rotatable bonds is 9. The normalized spacial score (nSPS) is 28.0. The van der Waals surface area contributed by atoms with Crippen molar-refractivity contribution in [2.45, 2.75) is 122 Å². The lowest BCUT2D eigenvalue weighted by atomic mass is 9.69. The molecule has 3 nitrogen and oxygen atoms in total. The first-order chi connectivity index (χ1) is 20.8. The Bertz CT molecular complexity index is 1240. The Kier molecular flexibility index (Phi) is 10.7. The van der Waals surface area contributed by atoms with E-state index in [1.165, 1.54) is 0 Å². The highest BCUT2D eigenvalue weighted by molar-refractivity contribution is 5.72. The third-order valence-electron chi connectivity index (χ3n) is 10.5. The fourth-order valence-corrected chi connectivity index (χ4v) is 7.99. The van der Waals surface area contributed by atoms with Gasteiger partial charge in [-0.1, -0.05) is 31.5 Å². The molecule has 5 rings (SSSR count). The van der Waals surface area contributed by atoms with Gasteiger partial charge in [0.25, 0.3) is 0 Å². The van der Waals surface area contributed by atoms with Crippen molar-refractivity contribution in [1.82, 2.24) is 0 Å². The van der Waals surface area contributed by atoms with Crippen molar-refractivity contribution >= 4 is 5.97 Å². The molecule has 0 saturated heterocycles. The first-order valence-electron chi connectivity index (χ1n) is 16.6. The first kappa shape index (κ1) is 31.8. The van der Waals surface area contributed by atoms with Gasteiger partial charge in [-0.2, -0.15) is 4.39 Å². The van der Waals surface area contributed by atoms with Crippen LogP contribution in [-0.4, -0.2) is 18.7 Å². The van der Waals surface area contributed by atoms with E-state index in [4.69, 9.17) is 9.47 Å². The molecule has 43 heavy (non-hydrogen) atoms. The van der Waals surface area contributed by atoms with Crippen molar-refractivity contribution in [3.05, 3.63) is 64.2 Å². The molecule has 0 aliphatic heterocycles. The second kappa shape index (κ2) is 14.5. The molecule has 3 saturated carbocycles. The van der Waals surface area contributed by atoms with Crippen molar-refractivity contribution in [2.75, 3.05) is 6.61 Å². The number of ether oxygens (including phenoxy) is 2. The lowest BCUT2D eigenvalue weighted by molar-refractivity contribution is -0.157. The second-order valence-corrected chi connectivity index (χ2v) is 13.0. The molecule has 0 atom stereocenters. The summed E-state index contributed by atoms with van der Waals surface area (Å²) in [6, 6.07) is 6.67. The lowest BCUT2D eigenvalue weighted by Crippen LogP contribution is -2.32. The minimum atomic E-state index is -0.885. The molecular weight excluding hydrogens is 556 g/mol. The highest BCUT2D eigenvalue weighted by Gasteiger charge is 2.35. The summed E-state index contributed by atoms with van der Waals surface area (Å²) in [7, 11) is 0. The van der Waals surface area contributed by atoms with Crippen LogP contribution in [0.15, 0.2) is 24.3 Å². The van der Waals surface area contributed by atoms with Gasteiger partial charge in [0.15, 0.2) is 23.2 Å². The van der Waals surface area contributed by atoms with Gasteiger partial charge in [-0.15, -0.1) is 0 Å². The molecule has 236 valence electrons. The zero-order valence-corrected chi connectivity index (χ0v) is 25.6. The van der Waals surface area contributed by atoms with Crippen LogP contribution in [0.25, 0.3) is 0 Å². The molecule has 0 unspecified atom stereocenters. The molecule has 0 radical (unpaired) electrons. The van der Waals surface area contributed by atoms with E-state index < -0.39 is 23.3 Å². The predicted octanol–water partition coefficient (Wildman–Crippen LogP) is 9.94. The summed E-state index contributed by atoms with van der Waals surface area (Å²) < 4.78 is 69.5. The summed E-state index contributed by atoms with van der Waals surface area (Å²) in [4.78, 5) is 13.0. The van der Waals surface area contributed by atoms with Gasteiger partial charge < -0.3 is 9.47 Å². The molecule has 7 heteroatoms. The minimum absolute atomic E-state index is 0.0253. The van der Waals surface area contributed by atoms with E-state index in [1.54, 1.807) is 31.2 Å². The van der Waals surface area contributed by atoms with E-state index in [0.29, 0.717) is 67.2 Å². The Morgan fingerprint density at radius 2 is 1.21 bits per heavy atom. The summed E-state index contributed by atoms with van der Waals surface area (Å²) in [5, 5.41) is 0. The maximum Gasteiger partial charge on any atom is 0.309 e. The Hall–Kier alpha value is -2.57. The van der Waals surface area contributed by atoms with Crippen LogP contribution in [0.2, 0.25) is 0 Å². The molecule has 0 bridgehead atoms. The fourth-order valence-electron chi connectivity index (χ4n) is 7.99. The molecule has 2 aromatic carbocycles. The van der Waals surface area contributed by atoms with Gasteiger partial charge in [-0.25, -0.2) is 13.2 Å². The third kappa shape index (κ3) is 7.23. The lowest BCUT2D eigenvalue weighted by Gasteiger charge is -2.38. The molecule has 3 aliphatic carbocycles. The topological polar surface area (TPSA) is 35.5 Å². The third-order valence-corrected chi connectivity index (χ3v) is 10.5.